The number of imidazole rings is 1. The van der Waals surface area contributed by atoms with Gasteiger partial charge in [-0.2, -0.15) is 0 Å². The number of aromatic nitrogens is 5. The molecule has 0 saturated carbocycles. The maximum Gasteiger partial charge on any atom is 0.285 e. The third kappa shape index (κ3) is 3.39. The summed E-state index contributed by atoms with van der Waals surface area (Å²) in [4.78, 5) is 33.3. The highest BCUT2D eigenvalue weighted by Gasteiger charge is 2.20. The zero-order valence-corrected chi connectivity index (χ0v) is 15.7. The lowest BCUT2D eigenvalue weighted by molar-refractivity contribution is 0.0990. The predicted molar refractivity (Wildman–Crippen MR) is 104 cm³/mol. The molecule has 3 aromatic rings. The van der Waals surface area contributed by atoms with Crippen LogP contribution in [-0.2, 0) is 0 Å². The van der Waals surface area contributed by atoms with Crippen LogP contribution in [0.15, 0.2) is 41.1 Å². The van der Waals surface area contributed by atoms with E-state index in [0.29, 0.717) is 29.1 Å². The normalized spacial score (nSPS) is 12.9. The Labute approximate surface area is 160 Å². The highest BCUT2D eigenvalue weighted by Crippen LogP contribution is 2.23. The summed E-state index contributed by atoms with van der Waals surface area (Å²) in [5.74, 6) is -0.611. The first-order valence-electron chi connectivity index (χ1n) is 8.51. The van der Waals surface area contributed by atoms with Gasteiger partial charge in [0, 0.05) is 24.6 Å². The van der Waals surface area contributed by atoms with Crippen molar-refractivity contribution in [3.05, 3.63) is 53.5 Å². The molecule has 10 heteroatoms. The fourth-order valence-electron chi connectivity index (χ4n) is 2.65. The lowest BCUT2D eigenvalue weighted by Gasteiger charge is -2.07. The molecular formula is C18H20N8O2. The number of nitrogens with two attached hydrogens (primary N) is 2. The number of aryl methyl sites for hydroxylation is 1. The summed E-state index contributed by atoms with van der Waals surface area (Å²) in [5, 5.41) is 10.3. The van der Waals surface area contributed by atoms with Crippen molar-refractivity contribution in [3.8, 4) is 11.4 Å². The molecule has 3 rings (SSSR count). The van der Waals surface area contributed by atoms with Gasteiger partial charge in [0.25, 0.3) is 5.91 Å². The summed E-state index contributed by atoms with van der Waals surface area (Å²) in [6.45, 7) is 5.58. The van der Waals surface area contributed by atoms with E-state index in [2.05, 4.69) is 24.9 Å². The largest absolute Gasteiger partial charge is 0.504 e. The molecule has 0 spiro atoms. The Balaban J connectivity index is 2.22. The third-order valence-corrected chi connectivity index (χ3v) is 3.90. The van der Waals surface area contributed by atoms with Gasteiger partial charge in [0.15, 0.2) is 11.6 Å². The molecule has 0 bridgehead atoms. The number of fused-ring (bicyclic) bond motifs is 1. The second-order valence-corrected chi connectivity index (χ2v) is 6.05. The number of rotatable bonds is 5. The summed E-state index contributed by atoms with van der Waals surface area (Å²) < 4.78 is 1.57. The molecule has 3 heterocycles. The number of carbonyl (C=O) groups excluding carboxylic acids is 1. The second kappa shape index (κ2) is 7.43. The lowest BCUT2D eigenvalue weighted by atomic mass is 10.2. The molecule has 1 amide bonds. The first kappa shape index (κ1) is 19.0. The maximum atomic E-state index is 11.8. The average molecular weight is 380 g/mol. The number of aliphatic imine (C=N–C) groups is 1. The monoisotopic (exact) mass is 380 g/mol. The van der Waals surface area contributed by atoms with Gasteiger partial charge in [0.2, 0.25) is 5.82 Å². The first-order valence-corrected chi connectivity index (χ1v) is 8.51. The molecule has 3 aromatic heterocycles. The summed E-state index contributed by atoms with van der Waals surface area (Å²) in [5.41, 5.74) is 13.6. The molecule has 0 unspecified atom stereocenters. The predicted octanol–water partition coefficient (Wildman–Crippen LogP) is 1.15. The molecule has 144 valence electrons. The van der Waals surface area contributed by atoms with E-state index in [1.165, 1.54) is 6.20 Å². The Morgan fingerprint density at radius 3 is 2.68 bits per heavy atom. The number of carbonyl (C=O) groups is 1. The van der Waals surface area contributed by atoms with Crippen LogP contribution in [0.4, 0.5) is 0 Å². The first-order chi connectivity index (χ1) is 13.3. The van der Waals surface area contributed by atoms with Gasteiger partial charge >= 0.3 is 0 Å². The molecule has 10 nitrogen and oxygen atoms in total. The van der Waals surface area contributed by atoms with E-state index < -0.39 is 5.91 Å². The van der Waals surface area contributed by atoms with Crippen molar-refractivity contribution in [1.82, 2.24) is 24.3 Å². The van der Waals surface area contributed by atoms with E-state index in [0.717, 1.165) is 0 Å². The van der Waals surface area contributed by atoms with Gasteiger partial charge in [-0.3, -0.25) is 19.2 Å². The minimum Gasteiger partial charge on any atom is -0.504 e. The zero-order chi connectivity index (χ0) is 20.4. The Bertz CT molecular complexity index is 1130. The van der Waals surface area contributed by atoms with Gasteiger partial charge in [0.1, 0.15) is 11.4 Å². The van der Waals surface area contributed by atoms with Gasteiger partial charge in [0.05, 0.1) is 23.1 Å². The smallest absolute Gasteiger partial charge is 0.285 e. The summed E-state index contributed by atoms with van der Waals surface area (Å²) >= 11 is 0. The summed E-state index contributed by atoms with van der Waals surface area (Å²) in [6, 6.07) is 1.64. The van der Waals surface area contributed by atoms with E-state index in [4.69, 9.17) is 11.5 Å². The average Bonchev–Trinajstić information content (AvgIpc) is 3.04. The van der Waals surface area contributed by atoms with Crippen LogP contribution >= 0.6 is 0 Å². The zero-order valence-electron chi connectivity index (χ0n) is 15.7. The molecule has 0 saturated heterocycles. The van der Waals surface area contributed by atoms with Gasteiger partial charge in [-0.05, 0) is 26.8 Å². The van der Waals surface area contributed by atoms with E-state index in [1.807, 2.05) is 6.92 Å². The van der Waals surface area contributed by atoms with E-state index in [-0.39, 0.29) is 28.8 Å². The number of hydrogen-bond acceptors (Lipinski definition) is 8. The van der Waals surface area contributed by atoms with Crippen molar-refractivity contribution in [3.63, 3.8) is 0 Å². The maximum absolute atomic E-state index is 11.8. The Morgan fingerprint density at radius 1 is 1.29 bits per heavy atom. The minimum absolute atomic E-state index is 0.0682. The number of primary amides is 1. The van der Waals surface area contributed by atoms with Crippen LogP contribution in [0.25, 0.3) is 16.9 Å². The van der Waals surface area contributed by atoms with E-state index in [9.17, 15) is 9.90 Å². The van der Waals surface area contributed by atoms with Crippen LogP contribution in [0, 0.1) is 6.92 Å². The van der Waals surface area contributed by atoms with Crippen LogP contribution < -0.4 is 11.5 Å². The topological polar surface area (TPSA) is 158 Å². The Hall–Kier alpha value is -3.82. The number of aliphatic hydroxyl groups excluding tert-OH is 1. The molecule has 0 aliphatic heterocycles. The molecule has 0 fully saturated rings. The lowest BCUT2D eigenvalue weighted by Crippen LogP contribution is -2.15. The highest BCUT2D eigenvalue weighted by molar-refractivity contribution is 6.09. The van der Waals surface area contributed by atoms with Gasteiger partial charge < -0.3 is 16.6 Å². The van der Waals surface area contributed by atoms with Crippen molar-refractivity contribution in [1.29, 1.82) is 0 Å². The molecular weight excluding hydrogens is 360 g/mol. The van der Waals surface area contributed by atoms with Crippen LogP contribution in [0.5, 0.6) is 0 Å². The number of allylic oxidation sites excluding steroid dienone is 2. The van der Waals surface area contributed by atoms with E-state index >= 15 is 0 Å². The quantitative estimate of drug-likeness (QED) is 0.442. The number of amides is 1. The molecule has 0 atom stereocenters. The number of hydrogen-bond donors (Lipinski definition) is 3. The van der Waals surface area contributed by atoms with Gasteiger partial charge in [-0.25, -0.2) is 15.0 Å². The van der Waals surface area contributed by atoms with Gasteiger partial charge in [-0.15, -0.1) is 0 Å². The number of nitrogens with zero attached hydrogens (tertiary/aromatic N) is 6. The van der Waals surface area contributed by atoms with Crippen LogP contribution in [-0.4, -0.2) is 47.6 Å². The van der Waals surface area contributed by atoms with Crippen molar-refractivity contribution >= 4 is 17.1 Å². The molecule has 0 radical (unpaired) electrons. The van der Waals surface area contributed by atoms with Crippen molar-refractivity contribution < 1.29 is 9.90 Å². The molecule has 0 aliphatic carbocycles. The fourth-order valence-corrected chi connectivity index (χ4v) is 2.65. The van der Waals surface area contributed by atoms with Crippen molar-refractivity contribution in [2.75, 3.05) is 6.54 Å². The number of aliphatic hydroxyl groups is 1. The third-order valence-electron chi connectivity index (χ3n) is 3.90. The fraction of sp³-hybridized carbons (Fsp3) is 0.222. The highest BCUT2D eigenvalue weighted by atomic mass is 16.3. The SMILES string of the molecule is CCN=C(/C(O)=C(/C)N)c1nccc(-c2nc(C(N)=O)n3cc(C)ncc23)n1. The van der Waals surface area contributed by atoms with Crippen LogP contribution in [0.1, 0.15) is 36.0 Å². The minimum atomic E-state index is -0.673. The molecule has 0 aromatic carbocycles. The summed E-state index contributed by atoms with van der Waals surface area (Å²) in [6.07, 6.45) is 4.78. The van der Waals surface area contributed by atoms with Crippen molar-refractivity contribution in [2.24, 2.45) is 16.5 Å². The standard InChI is InChI=1S/C18H20N8O2/c1-4-21-14(15(27)10(3)19)17-22-6-5-11(24-17)13-12-7-23-9(2)8-26(12)18(25-13)16(20)28/h5-8,27H,4,19H2,1-3H3,(H2,20,28)/b15-10+,21-14?. The van der Waals surface area contributed by atoms with E-state index in [1.54, 1.807) is 36.7 Å². The second-order valence-electron chi connectivity index (χ2n) is 6.05. The Kier molecular flexibility index (Phi) is 5.03. The van der Waals surface area contributed by atoms with Crippen LogP contribution in [0.2, 0.25) is 0 Å². The molecule has 28 heavy (non-hydrogen) atoms. The van der Waals surface area contributed by atoms with Gasteiger partial charge in [-0.1, -0.05) is 0 Å². The molecule has 0 aliphatic rings. The molecule has 5 N–H and O–H groups in total. The van der Waals surface area contributed by atoms with Crippen molar-refractivity contribution in [2.45, 2.75) is 20.8 Å². The Morgan fingerprint density at radius 2 is 2.04 bits per heavy atom. The summed E-state index contributed by atoms with van der Waals surface area (Å²) in [7, 11) is 0. The van der Waals surface area contributed by atoms with Crippen LogP contribution in [0.3, 0.4) is 0 Å².